The summed E-state index contributed by atoms with van der Waals surface area (Å²) in [7, 11) is 1.88. The highest BCUT2D eigenvalue weighted by molar-refractivity contribution is 5.47. The Kier molecular flexibility index (Phi) is 6.20. The molecule has 6 heteroatoms. The molecule has 0 saturated carbocycles. The maximum Gasteiger partial charge on any atom is 0.133 e. The molecular weight excluding hydrogens is 266 g/mol. The molecule has 2 N–H and O–H groups in total. The summed E-state index contributed by atoms with van der Waals surface area (Å²) < 4.78 is 5.80. The number of hydrogen-bond donors (Lipinski definition) is 2. The van der Waals surface area contributed by atoms with Gasteiger partial charge >= 0.3 is 0 Å². The first-order valence-electron chi connectivity index (χ1n) is 7.88. The van der Waals surface area contributed by atoms with Gasteiger partial charge in [0.2, 0.25) is 0 Å². The van der Waals surface area contributed by atoms with Crippen LogP contribution in [0.1, 0.15) is 26.1 Å². The quantitative estimate of drug-likeness (QED) is 0.796. The van der Waals surface area contributed by atoms with E-state index in [2.05, 4.69) is 39.3 Å². The van der Waals surface area contributed by atoms with Crippen LogP contribution in [0.3, 0.4) is 0 Å². The van der Waals surface area contributed by atoms with Crippen LogP contribution in [0, 0.1) is 0 Å². The minimum Gasteiger partial charge on any atom is -0.374 e. The van der Waals surface area contributed by atoms with E-state index in [9.17, 15) is 0 Å². The number of likely N-dealkylation sites (N-methyl/N-ethyl adjacent to an activating group) is 1. The van der Waals surface area contributed by atoms with Gasteiger partial charge < -0.3 is 15.4 Å². The number of anilines is 2. The van der Waals surface area contributed by atoms with Gasteiger partial charge in [-0.3, -0.25) is 4.90 Å². The molecule has 1 aliphatic rings. The first-order valence-corrected chi connectivity index (χ1v) is 7.88. The first-order chi connectivity index (χ1) is 10.2. The highest BCUT2D eigenvalue weighted by Gasteiger charge is 2.19. The average Bonchev–Trinajstić information content (AvgIpc) is 2.53. The molecule has 1 aliphatic heterocycles. The molecule has 1 atom stereocenters. The van der Waals surface area contributed by atoms with Crippen LogP contribution in [0.5, 0.6) is 0 Å². The van der Waals surface area contributed by atoms with Gasteiger partial charge in [0.1, 0.15) is 17.5 Å². The number of rotatable bonds is 7. The third-order valence-electron chi connectivity index (χ3n) is 3.68. The highest BCUT2D eigenvalue weighted by atomic mass is 16.5. The summed E-state index contributed by atoms with van der Waals surface area (Å²) >= 11 is 0. The van der Waals surface area contributed by atoms with Crippen molar-refractivity contribution in [2.45, 2.75) is 32.8 Å². The fourth-order valence-corrected chi connectivity index (χ4v) is 2.46. The van der Waals surface area contributed by atoms with Crippen molar-refractivity contribution in [2.75, 3.05) is 50.5 Å². The average molecular weight is 293 g/mol. The summed E-state index contributed by atoms with van der Waals surface area (Å²) in [6.45, 7) is 9.02. The van der Waals surface area contributed by atoms with E-state index in [0.29, 0.717) is 0 Å². The molecule has 0 bridgehead atoms. The molecule has 0 radical (unpaired) electrons. The zero-order valence-electron chi connectivity index (χ0n) is 13.4. The summed E-state index contributed by atoms with van der Waals surface area (Å²) in [4.78, 5) is 11.4. The molecule has 2 rings (SSSR count). The number of ether oxygens (including phenoxy) is 1. The lowest BCUT2D eigenvalue weighted by Crippen LogP contribution is -2.45. The lowest BCUT2D eigenvalue weighted by Gasteiger charge is -2.32. The SMILES string of the molecule is CCCc1nc(NC)cc(NCC2CN(CC)CCO2)n1. The van der Waals surface area contributed by atoms with Crippen molar-refractivity contribution in [2.24, 2.45) is 0 Å². The largest absolute Gasteiger partial charge is 0.374 e. The van der Waals surface area contributed by atoms with Crippen molar-refractivity contribution in [3.8, 4) is 0 Å². The predicted octanol–water partition coefficient (Wildman–Crippen LogP) is 1.60. The minimum absolute atomic E-state index is 0.223. The zero-order valence-corrected chi connectivity index (χ0v) is 13.4. The Morgan fingerprint density at radius 2 is 2.14 bits per heavy atom. The Bertz CT molecular complexity index is 440. The molecule has 0 amide bonds. The molecular formula is C15H27N5O. The summed E-state index contributed by atoms with van der Waals surface area (Å²) in [6.07, 6.45) is 2.17. The summed E-state index contributed by atoms with van der Waals surface area (Å²) in [5, 5.41) is 6.48. The van der Waals surface area contributed by atoms with E-state index < -0.39 is 0 Å². The van der Waals surface area contributed by atoms with Gasteiger partial charge in [-0.2, -0.15) is 0 Å². The molecule has 1 aromatic heterocycles. The number of nitrogens with one attached hydrogen (secondary N) is 2. The Hall–Kier alpha value is -1.40. The molecule has 118 valence electrons. The molecule has 2 heterocycles. The van der Waals surface area contributed by atoms with Gasteiger partial charge in [-0.05, 0) is 13.0 Å². The molecule has 6 nitrogen and oxygen atoms in total. The van der Waals surface area contributed by atoms with Gasteiger partial charge in [-0.25, -0.2) is 9.97 Å². The maximum atomic E-state index is 5.80. The Balaban J connectivity index is 1.93. The van der Waals surface area contributed by atoms with Gasteiger partial charge in [-0.1, -0.05) is 13.8 Å². The molecule has 0 aliphatic carbocycles. The molecule has 1 aromatic rings. The summed E-state index contributed by atoms with van der Waals surface area (Å²) in [5.74, 6) is 2.61. The van der Waals surface area contributed by atoms with Crippen LogP contribution in [0.4, 0.5) is 11.6 Å². The van der Waals surface area contributed by atoms with E-state index in [1.54, 1.807) is 0 Å². The van der Waals surface area contributed by atoms with Crippen molar-refractivity contribution < 1.29 is 4.74 Å². The van der Waals surface area contributed by atoms with Crippen molar-refractivity contribution in [1.82, 2.24) is 14.9 Å². The van der Waals surface area contributed by atoms with Crippen molar-refractivity contribution in [3.63, 3.8) is 0 Å². The molecule has 0 aromatic carbocycles. The number of morpholine rings is 1. The smallest absolute Gasteiger partial charge is 0.133 e. The minimum atomic E-state index is 0.223. The monoisotopic (exact) mass is 293 g/mol. The van der Waals surface area contributed by atoms with E-state index in [4.69, 9.17) is 4.74 Å². The van der Waals surface area contributed by atoms with Crippen LogP contribution in [0.25, 0.3) is 0 Å². The van der Waals surface area contributed by atoms with Gasteiger partial charge in [0, 0.05) is 39.2 Å². The Labute approximate surface area is 127 Å². The van der Waals surface area contributed by atoms with Crippen LogP contribution in [0.2, 0.25) is 0 Å². The Morgan fingerprint density at radius 1 is 1.33 bits per heavy atom. The van der Waals surface area contributed by atoms with Gasteiger partial charge in [0.25, 0.3) is 0 Å². The standard InChI is InChI=1S/C15H27N5O/c1-4-6-13-18-14(16-3)9-15(19-13)17-10-12-11-20(5-2)7-8-21-12/h9,12H,4-8,10-11H2,1-3H3,(H2,16,17,18,19). The van der Waals surface area contributed by atoms with Crippen LogP contribution in [-0.4, -0.2) is 60.8 Å². The second kappa shape index (κ2) is 8.14. The fraction of sp³-hybridized carbons (Fsp3) is 0.733. The number of hydrogen-bond acceptors (Lipinski definition) is 6. The normalized spacial score (nSPS) is 19.5. The van der Waals surface area contributed by atoms with E-state index in [1.807, 2.05) is 13.1 Å². The number of aromatic nitrogens is 2. The Morgan fingerprint density at radius 3 is 2.86 bits per heavy atom. The van der Waals surface area contributed by atoms with E-state index in [0.717, 1.165) is 63.1 Å². The lowest BCUT2D eigenvalue weighted by atomic mass is 10.2. The summed E-state index contributed by atoms with van der Waals surface area (Å²) in [5.41, 5.74) is 0. The van der Waals surface area contributed by atoms with Gasteiger partial charge in [-0.15, -0.1) is 0 Å². The molecule has 1 fully saturated rings. The predicted molar refractivity (Wildman–Crippen MR) is 85.9 cm³/mol. The molecule has 1 unspecified atom stereocenters. The lowest BCUT2D eigenvalue weighted by molar-refractivity contribution is -0.0192. The van der Waals surface area contributed by atoms with Crippen molar-refractivity contribution >= 4 is 11.6 Å². The second-order valence-electron chi connectivity index (χ2n) is 5.32. The van der Waals surface area contributed by atoms with E-state index in [1.165, 1.54) is 0 Å². The van der Waals surface area contributed by atoms with Crippen LogP contribution in [-0.2, 0) is 11.2 Å². The number of aryl methyl sites for hydroxylation is 1. The second-order valence-corrected chi connectivity index (χ2v) is 5.32. The molecule has 21 heavy (non-hydrogen) atoms. The maximum absolute atomic E-state index is 5.80. The molecule has 1 saturated heterocycles. The third-order valence-corrected chi connectivity index (χ3v) is 3.68. The first kappa shape index (κ1) is 16.0. The highest BCUT2D eigenvalue weighted by Crippen LogP contribution is 2.13. The van der Waals surface area contributed by atoms with Crippen molar-refractivity contribution in [1.29, 1.82) is 0 Å². The molecule has 0 spiro atoms. The van der Waals surface area contributed by atoms with Crippen molar-refractivity contribution in [3.05, 3.63) is 11.9 Å². The van der Waals surface area contributed by atoms with E-state index in [-0.39, 0.29) is 6.10 Å². The van der Waals surface area contributed by atoms with Crippen LogP contribution < -0.4 is 10.6 Å². The van der Waals surface area contributed by atoms with Crippen LogP contribution in [0.15, 0.2) is 6.07 Å². The summed E-state index contributed by atoms with van der Waals surface area (Å²) in [6, 6.07) is 1.94. The van der Waals surface area contributed by atoms with Gasteiger partial charge in [0.05, 0.1) is 12.7 Å². The van der Waals surface area contributed by atoms with Gasteiger partial charge in [0.15, 0.2) is 0 Å². The zero-order chi connectivity index (χ0) is 15.1. The number of nitrogens with zero attached hydrogens (tertiary/aromatic N) is 3. The third kappa shape index (κ3) is 4.82. The van der Waals surface area contributed by atoms with Crippen LogP contribution >= 0.6 is 0 Å². The fourth-order valence-electron chi connectivity index (χ4n) is 2.46. The van der Waals surface area contributed by atoms with E-state index >= 15 is 0 Å². The topological polar surface area (TPSA) is 62.3 Å².